The summed E-state index contributed by atoms with van der Waals surface area (Å²) in [4.78, 5) is 28.5. The van der Waals surface area contributed by atoms with E-state index in [4.69, 9.17) is 11.6 Å². The summed E-state index contributed by atoms with van der Waals surface area (Å²) in [5, 5.41) is 3.62. The Kier molecular flexibility index (Phi) is 9.55. The van der Waals surface area contributed by atoms with E-state index >= 15 is 0 Å². The van der Waals surface area contributed by atoms with Gasteiger partial charge in [-0.05, 0) is 56.5 Å². The minimum atomic E-state index is -0.473. The van der Waals surface area contributed by atoms with Gasteiger partial charge in [-0.15, -0.1) is 11.8 Å². The van der Waals surface area contributed by atoms with Crippen LogP contribution in [0.1, 0.15) is 32.8 Å². The monoisotopic (exact) mass is 432 g/mol. The minimum absolute atomic E-state index is 0.0334. The lowest BCUT2D eigenvalue weighted by atomic mass is 10.1. The van der Waals surface area contributed by atoms with Crippen LogP contribution in [0.3, 0.4) is 0 Å². The zero-order valence-corrected chi connectivity index (χ0v) is 18.8. The molecule has 0 aliphatic heterocycles. The number of thioether (sulfide) groups is 1. The van der Waals surface area contributed by atoms with E-state index in [1.807, 2.05) is 75.4 Å². The van der Waals surface area contributed by atoms with Gasteiger partial charge in [0.25, 0.3) is 0 Å². The normalized spacial score (nSPS) is 11.9. The van der Waals surface area contributed by atoms with Crippen LogP contribution in [0.4, 0.5) is 0 Å². The first kappa shape index (κ1) is 23.3. The van der Waals surface area contributed by atoms with Gasteiger partial charge in [-0.1, -0.05) is 48.9 Å². The van der Waals surface area contributed by atoms with Crippen LogP contribution in [0.5, 0.6) is 0 Å². The summed E-state index contributed by atoms with van der Waals surface area (Å²) >= 11 is 7.39. The molecule has 1 N–H and O–H groups in total. The number of nitrogens with one attached hydrogen (secondary N) is 1. The van der Waals surface area contributed by atoms with E-state index in [1.165, 1.54) is 11.8 Å². The van der Waals surface area contributed by atoms with Gasteiger partial charge in [-0.2, -0.15) is 0 Å². The van der Waals surface area contributed by atoms with Crippen LogP contribution in [-0.2, 0) is 16.0 Å². The van der Waals surface area contributed by atoms with Gasteiger partial charge in [0.15, 0.2) is 0 Å². The molecule has 0 spiro atoms. The van der Waals surface area contributed by atoms with Crippen LogP contribution in [0.2, 0.25) is 5.02 Å². The first-order chi connectivity index (χ1) is 13.9. The standard InChI is InChI=1S/C23H29ClN2O2S/c1-4-21(23(28)25-17(2)3)26(15-14-18-8-6-5-7-9-18)22(27)16-29-20-12-10-19(24)11-13-20/h5-13,17,21H,4,14-16H2,1-3H3,(H,25,28). The van der Waals surface area contributed by atoms with Crippen LogP contribution >= 0.6 is 23.4 Å². The number of nitrogens with zero attached hydrogens (tertiary/aromatic N) is 1. The maximum absolute atomic E-state index is 13.1. The van der Waals surface area contributed by atoms with Crippen molar-refractivity contribution in [2.45, 2.75) is 50.6 Å². The third-order valence-electron chi connectivity index (χ3n) is 4.48. The highest BCUT2D eigenvalue weighted by Crippen LogP contribution is 2.21. The van der Waals surface area contributed by atoms with E-state index in [9.17, 15) is 9.59 Å². The van der Waals surface area contributed by atoms with Crippen molar-refractivity contribution in [1.82, 2.24) is 10.2 Å². The number of hydrogen-bond donors (Lipinski definition) is 1. The Morgan fingerprint density at radius 3 is 2.31 bits per heavy atom. The summed E-state index contributed by atoms with van der Waals surface area (Å²) in [6.07, 6.45) is 1.29. The van der Waals surface area contributed by atoms with E-state index in [-0.39, 0.29) is 23.6 Å². The highest BCUT2D eigenvalue weighted by atomic mass is 35.5. The summed E-state index contributed by atoms with van der Waals surface area (Å²) in [7, 11) is 0. The molecule has 0 bridgehead atoms. The average molecular weight is 433 g/mol. The van der Waals surface area contributed by atoms with E-state index < -0.39 is 6.04 Å². The molecule has 0 radical (unpaired) electrons. The molecule has 4 nitrogen and oxygen atoms in total. The Morgan fingerprint density at radius 1 is 1.07 bits per heavy atom. The molecular formula is C23H29ClN2O2S. The molecule has 2 aromatic rings. The van der Waals surface area contributed by atoms with Gasteiger partial charge < -0.3 is 10.2 Å². The largest absolute Gasteiger partial charge is 0.352 e. The molecule has 0 aliphatic rings. The fraction of sp³-hybridized carbons (Fsp3) is 0.391. The Balaban J connectivity index is 2.11. The highest BCUT2D eigenvalue weighted by molar-refractivity contribution is 8.00. The fourth-order valence-electron chi connectivity index (χ4n) is 3.04. The highest BCUT2D eigenvalue weighted by Gasteiger charge is 2.28. The van der Waals surface area contributed by atoms with Crippen molar-refractivity contribution in [3.8, 4) is 0 Å². The Labute approximate surface area is 183 Å². The molecule has 0 saturated heterocycles. The lowest BCUT2D eigenvalue weighted by Crippen LogP contribution is -2.51. The van der Waals surface area contributed by atoms with Crippen LogP contribution in [0.25, 0.3) is 0 Å². The third kappa shape index (κ3) is 7.75. The lowest BCUT2D eigenvalue weighted by Gasteiger charge is -2.31. The predicted octanol–water partition coefficient (Wildman–Crippen LogP) is 4.81. The topological polar surface area (TPSA) is 49.4 Å². The number of hydrogen-bond acceptors (Lipinski definition) is 3. The number of carbonyl (C=O) groups excluding carboxylic acids is 2. The molecule has 156 valence electrons. The van der Waals surface area contributed by atoms with Gasteiger partial charge in [0.1, 0.15) is 6.04 Å². The molecule has 0 aromatic heterocycles. The Hall–Kier alpha value is -1.98. The fourth-order valence-corrected chi connectivity index (χ4v) is 3.95. The van der Waals surface area contributed by atoms with Crippen molar-refractivity contribution in [1.29, 1.82) is 0 Å². The van der Waals surface area contributed by atoms with Gasteiger partial charge in [-0.25, -0.2) is 0 Å². The molecule has 0 saturated carbocycles. The maximum Gasteiger partial charge on any atom is 0.242 e. The lowest BCUT2D eigenvalue weighted by molar-refractivity contribution is -0.139. The SMILES string of the molecule is CCC(C(=O)NC(C)C)N(CCc1ccccc1)C(=O)CSc1ccc(Cl)cc1. The molecule has 2 aromatic carbocycles. The smallest absolute Gasteiger partial charge is 0.242 e. The molecule has 0 fully saturated rings. The quantitative estimate of drug-likeness (QED) is 0.548. The van der Waals surface area contributed by atoms with Gasteiger partial charge in [0.05, 0.1) is 5.75 Å². The van der Waals surface area contributed by atoms with Crippen molar-refractivity contribution >= 4 is 35.2 Å². The molecule has 2 rings (SSSR count). The third-order valence-corrected chi connectivity index (χ3v) is 5.73. The summed E-state index contributed by atoms with van der Waals surface area (Å²) in [6, 6.07) is 17.0. The van der Waals surface area contributed by atoms with E-state index in [1.54, 1.807) is 4.90 Å². The first-order valence-electron chi connectivity index (χ1n) is 9.92. The van der Waals surface area contributed by atoms with Crippen LogP contribution in [-0.4, -0.2) is 41.1 Å². The second kappa shape index (κ2) is 11.9. The zero-order chi connectivity index (χ0) is 21.2. The number of rotatable bonds is 10. The summed E-state index contributed by atoms with van der Waals surface area (Å²) < 4.78 is 0. The summed E-state index contributed by atoms with van der Waals surface area (Å²) in [5.74, 6) is 0.147. The second-order valence-corrected chi connectivity index (χ2v) is 8.64. The molecule has 0 heterocycles. The Morgan fingerprint density at radius 2 is 1.72 bits per heavy atom. The summed E-state index contributed by atoms with van der Waals surface area (Å²) in [6.45, 7) is 6.31. The predicted molar refractivity (Wildman–Crippen MR) is 121 cm³/mol. The number of carbonyl (C=O) groups is 2. The van der Waals surface area contributed by atoms with Gasteiger partial charge in [-0.3, -0.25) is 9.59 Å². The number of amides is 2. The van der Waals surface area contributed by atoms with Crippen molar-refractivity contribution in [3.05, 3.63) is 65.2 Å². The zero-order valence-electron chi connectivity index (χ0n) is 17.2. The van der Waals surface area contributed by atoms with Crippen LogP contribution in [0, 0.1) is 0 Å². The minimum Gasteiger partial charge on any atom is -0.352 e. The first-order valence-corrected chi connectivity index (χ1v) is 11.3. The van der Waals surface area contributed by atoms with Gasteiger partial charge >= 0.3 is 0 Å². The van der Waals surface area contributed by atoms with E-state index in [0.717, 1.165) is 10.5 Å². The Bertz CT molecular complexity index is 781. The average Bonchev–Trinajstić information content (AvgIpc) is 2.70. The van der Waals surface area contributed by atoms with Crippen molar-refractivity contribution < 1.29 is 9.59 Å². The maximum atomic E-state index is 13.1. The van der Waals surface area contributed by atoms with Gasteiger partial charge in [0.2, 0.25) is 11.8 Å². The molecular weight excluding hydrogens is 404 g/mol. The molecule has 6 heteroatoms. The number of benzene rings is 2. The van der Waals surface area contributed by atoms with E-state index in [2.05, 4.69) is 5.32 Å². The second-order valence-electron chi connectivity index (χ2n) is 7.15. The van der Waals surface area contributed by atoms with Crippen molar-refractivity contribution in [2.75, 3.05) is 12.3 Å². The molecule has 0 aliphatic carbocycles. The number of halogens is 1. The van der Waals surface area contributed by atoms with Crippen LogP contribution in [0.15, 0.2) is 59.5 Å². The van der Waals surface area contributed by atoms with Crippen LogP contribution < -0.4 is 5.32 Å². The van der Waals surface area contributed by atoms with Crippen molar-refractivity contribution in [3.63, 3.8) is 0 Å². The molecule has 29 heavy (non-hydrogen) atoms. The molecule has 1 unspecified atom stereocenters. The molecule has 2 amide bonds. The van der Waals surface area contributed by atoms with E-state index in [0.29, 0.717) is 24.4 Å². The van der Waals surface area contributed by atoms with Crippen molar-refractivity contribution in [2.24, 2.45) is 0 Å². The summed E-state index contributed by atoms with van der Waals surface area (Å²) in [5.41, 5.74) is 1.15. The molecule has 1 atom stereocenters. The van der Waals surface area contributed by atoms with Gasteiger partial charge in [0, 0.05) is 22.5 Å².